The Morgan fingerprint density at radius 2 is 1.94 bits per heavy atom. The first-order valence-corrected chi connectivity index (χ1v) is 9.62. The summed E-state index contributed by atoms with van der Waals surface area (Å²) in [6.45, 7) is 0. The first kappa shape index (κ1) is 20.2. The van der Waals surface area contributed by atoms with Gasteiger partial charge in [-0.15, -0.1) is 0 Å². The summed E-state index contributed by atoms with van der Waals surface area (Å²) < 4.78 is 11.5. The van der Waals surface area contributed by atoms with Crippen molar-refractivity contribution in [3.63, 3.8) is 0 Å². The van der Waals surface area contributed by atoms with Gasteiger partial charge in [-0.2, -0.15) is 0 Å². The van der Waals surface area contributed by atoms with E-state index in [0.717, 1.165) is 29.0 Å². The molecule has 7 heteroatoms. The summed E-state index contributed by atoms with van der Waals surface area (Å²) >= 11 is 0. The van der Waals surface area contributed by atoms with Gasteiger partial charge >= 0.3 is 5.97 Å². The van der Waals surface area contributed by atoms with Crippen molar-refractivity contribution in [2.45, 2.75) is 12.8 Å². The van der Waals surface area contributed by atoms with Gasteiger partial charge in [-0.3, -0.25) is 9.59 Å². The molecular weight excluding hydrogens is 398 g/mol. The zero-order valence-corrected chi connectivity index (χ0v) is 16.7. The van der Waals surface area contributed by atoms with Crippen LogP contribution in [0, 0.1) is 0 Å². The van der Waals surface area contributed by atoms with Gasteiger partial charge in [0, 0.05) is 35.0 Å². The predicted octanol–water partition coefficient (Wildman–Crippen LogP) is 3.87. The molecule has 156 valence electrons. The van der Waals surface area contributed by atoms with E-state index in [1.807, 2.05) is 30.3 Å². The number of allylic oxidation sites excluding steroid dienone is 1. The molecule has 31 heavy (non-hydrogen) atoms. The van der Waals surface area contributed by atoms with Crippen LogP contribution in [0.4, 0.5) is 5.69 Å². The monoisotopic (exact) mass is 417 g/mol. The van der Waals surface area contributed by atoms with Crippen LogP contribution in [-0.4, -0.2) is 24.1 Å². The highest BCUT2D eigenvalue weighted by Crippen LogP contribution is 2.35. The third-order valence-corrected chi connectivity index (χ3v) is 5.04. The van der Waals surface area contributed by atoms with Gasteiger partial charge in [0.05, 0.1) is 12.5 Å². The molecule has 0 saturated heterocycles. The molecule has 0 saturated carbocycles. The SMILES string of the molecule is COc1ccccc1C=C1CCc2c1oc1cc(NC(=O)/C=C\C(=O)O)ccc1c2=O. The molecule has 0 bridgehead atoms. The second-order valence-corrected chi connectivity index (χ2v) is 7.02. The first-order valence-electron chi connectivity index (χ1n) is 9.62. The van der Waals surface area contributed by atoms with Gasteiger partial charge in [0.25, 0.3) is 0 Å². The molecule has 0 fully saturated rings. The number of carbonyl (C=O) groups excluding carboxylic acids is 1. The smallest absolute Gasteiger partial charge is 0.328 e. The van der Waals surface area contributed by atoms with E-state index < -0.39 is 11.9 Å². The van der Waals surface area contributed by atoms with Gasteiger partial charge in [-0.1, -0.05) is 18.2 Å². The first-order chi connectivity index (χ1) is 15.0. The lowest BCUT2D eigenvalue weighted by molar-refractivity contribution is -0.131. The molecule has 4 rings (SSSR count). The molecule has 0 unspecified atom stereocenters. The number of ether oxygens (including phenoxy) is 1. The molecule has 7 nitrogen and oxygen atoms in total. The van der Waals surface area contributed by atoms with Crippen LogP contribution in [-0.2, 0) is 16.0 Å². The van der Waals surface area contributed by atoms with E-state index in [1.165, 1.54) is 0 Å². The highest BCUT2D eigenvalue weighted by Gasteiger charge is 2.24. The average Bonchev–Trinajstić information content (AvgIpc) is 3.15. The second-order valence-electron chi connectivity index (χ2n) is 7.02. The second kappa shape index (κ2) is 8.31. The molecule has 0 atom stereocenters. The Morgan fingerprint density at radius 3 is 2.71 bits per heavy atom. The zero-order chi connectivity index (χ0) is 22.0. The number of rotatable bonds is 5. The van der Waals surface area contributed by atoms with Crippen molar-refractivity contribution in [1.29, 1.82) is 0 Å². The molecule has 1 aliphatic rings. The molecule has 1 amide bonds. The Balaban J connectivity index is 1.74. The van der Waals surface area contributed by atoms with Crippen LogP contribution in [0.15, 0.2) is 63.8 Å². The van der Waals surface area contributed by atoms with Crippen molar-refractivity contribution >= 4 is 40.2 Å². The number of methoxy groups -OCH3 is 1. The van der Waals surface area contributed by atoms with E-state index in [9.17, 15) is 14.4 Å². The maximum absolute atomic E-state index is 13.0. The van der Waals surface area contributed by atoms with Crippen LogP contribution in [0.1, 0.15) is 23.3 Å². The number of carboxylic acids is 1. The number of hydrogen-bond donors (Lipinski definition) is 2. The van der Waals surface area contributed by atoms with Gasteiger partial charge in [-0.05, 0) is 42.7 Å². The lowest BCUT2D eigenvalue weighted by Gasteiger charge is -2.08. The Morgan fingerprint density at radius 1 is 1.13 bits per heavy atom. The van der Waals surface area contributed by atoms with Gasteiger partial charge in [0.15, 0.2) is 5.43 Å². The minimum Gasteiger partial charge on any atom is -0.496 e. The third-order valence-electron chi connectivity index (χ3n) is 5.04. The Labute approximate surface area is 177 Å². The molecule has 2 aromatic carbocycles. The fraction of sp³-hybridized carbons (Fsp3) is 0.125. The van der Waals surface area contributed by atoms with Crippen molar-refractivity contribution in [2.24, 2.45) is 0 Å². The number of benzene rings is 2. The number of carboxylic acid groups (broad SMARTS) is 1. The predicted molar refractivity (Wildman–Crippen MR) is 117 cm³/mol. The average molecular weight is 417 g/mol. The largest absolute Gasteiger partial charge is 0.496 e. The number of anilines is 1. The highest BCUT2D eigenvalue weighted by atomic mass is 16.5. The topological polar surface area (TPSA) is 106 Å². The Bertz CT molecular complexity index is 1320. The van der Waals surface area contributed by atoms with Crippen molar-refractivity contribution in [2.75, 3.05) is 12.4 Å². The lowest BCUT2D eigenvalue weighted by atomic mass is 10.1. The molecule has 1 heterocycles. The summed E-state index contributed by atoms with van der Waals surface area (Å²) in [5, 5.41) is 11.6. The van der Waals surface area contributed by atoms with Crippen LogP contribution in [0.25, 0.3) is 22.6 Å². The molecular formula is C24H19NO6. The standard InChI is InChI=1S/C24H19NO6/c1-30-19-5-3-2-4-14(19)12-15-6-8-18-23(29)17-9-7-16(13-20(17)31-24(15)18)25-21(26)10-11-22(27)28/h2-5,7,9-13H,6,8H2,1H3,(H,25,26)(H,27,28)/b11-10-,15-12?. The summed E-state index contributed by atoms with van der Waals surface area (Å²) in [6.07, 6.45) is 4.89. The summed E-state index contributed by atoms with van der Waals surface area (Å²) in [5.41, 5.74) is 3.07. The summed E-state index contributed by atoms with van der Waals surface area (Å²) in [5.74, 6) is -0.546. The van der Waals surface area contributed by atoms with Crippen LogP contribution in [0.2, 0.25) is 0 Å². The molecule has 1 aromatic heterocycles. The maximum Gasteiger partial charge on any atom is 0.328 e. The Hall–Kier alpha value is -4.13. The van der Waals surface area contributed by atoms with Crippen molar-refractivity contribution in [1.82, 2.24) is 0 Å². The third kappa shape index (κ3) is 4.11. The van der Waals surface area contributed by atoms with Gasteiger partial charge in [0.2, 0.25) is 5.91 Å². The van der Waals surface area contributed by atoms with Crippen molar-refractivity contribution < 1.29 is 23.8 Å². The normalized spacial score (nSPS) is 14.2. The summed E-state index contributed by atoms with van der Waals surface area (Å²) in [4.78, 5) is 35.4. The van der Waals surface area contributed by atoms with E-state index in [1.54, 1.807) is 25.3 Å². The van der Waals surface area contributed by atoms with Gasteiger partial charge < -0.3 is 19.6 Å². The van der Waals surface area contributed by atoms with Gasteiger partial charge in [-0.25, -0.2) is 4.79 Å². The molecule has 0 radical (unpaired) electrons. The number of nitrogens with one attached hydrogen (secondary N) is 1. The van der Waals surface area contributed by atoms with Crippen LogP contribution < -0.4 is 15.5 Å². The van der Waals surface area contributed by atoms with E-state index in [0.29, 0.717) is 40.8 Å². The van der Waals surface area contributed by atoms with Crippen molar-refractivity contribution in [3.05, 3.63) is 81.7 Å². The lowest BCUT2D eigenvalue weighted by Crippen LogP contribution is -2.11. The summed E-state index contributed by atoms with van der Waals surface area (Å²) in [6, 6.07) is 12.3. The minimum atomic E-state index is -1.22. The number of amides is 1. The van der Waals surface area contributed by atoms with E-state index >= 15 is 0 Å². The molecule has 0 spiro atoms. The molecule has 0 aliphatic heterocycles. The fourth-order valence-electron chi connectivity index (χ4n) is 3.61. The number of hydrogen-bond acceptors (Lipinski definition) is 5. The maximum atomic E-state index is 13.0. The molecule has 3 aromatic rings. The number of carbonyl (C=O) groups is 2. The molecule has 1 aliphatic carbocycles. The Kier molecular flexibility index (Phi) is 5.41. The van der Waals surface area contributed by atoms with Crippen molar-refractivity contribution in [3.8, 4) is 5.75 Å². The number of para-hydroxylation sites is 1. The number of fused-ring (bicyclic) bond motifs is 2. The highest BCUT2D eigenvalue weighted by molar-refractivity contribution is 6.03. The van der Waals surface area contributed by atoms with Crippen LogP contribution >= 0.6 is 0 Å². The van der Waals surface area contributed by atoms with Gasteiger partial charge in [0.1, 0.15) is 17.1 Å². The minimum absolute atomic E-state index is 0.0941. The van der Waals surface area contributed by atoms with E-state index in [2.05, 4.69) is 5.32 Å². The van der Waals surface area contributed by atoms with E-state index in [-0.39, 0.29) is 5.43 Å². The fourth-order valence-corrected chi connectivity index (χ4v) is 3.61. The van der Waals surface area contributed by atoms with Crippen LogP contribution in [0.5, 0.6) is 5.75 Å². The van der Waals surface area contributed by atoms with Crippen LogP contribution in [0.3, 0.4) is 0 Å². The van der Waals surface area contributed by atoms with E-state index in [4.69, 9.17) is 14.3 Å². The zero-order valence-electron chi connectivity index (χ0n) is 16.7. The quantitative estimate of drug-likeness (QED) is 0.611. The molecule has 2 N–H and O–H groups in total. The number of aliphatic carboxylic acids is 1. The summed E-state index contributed by atoms with van der Waals surface area (Å²) in [7, 11) is 1.61.